The first kappa shape index (κ1) is 11.2. The zero-order chi connectivity index (χ0) is 14.0. The van der Waals surface area contributed by atoms with Crippen LogP contribution in [0.15, 0.2) is 60.7 Å². The van der Waals surface area contributed by atoms with Gasteiger partial charge in [0, 0.05) is 33.3 Å². The normalized spacial score (nSPS) is 26.0. The molecule has 1 N–H and O–H groups in total. The lowest BCUT2D eigenvalue weighted by Crippen LogP contribution is -2.32. The van der Waals surface area contributed by atoms with Crippen LogP contribution in [0.4, 0.5) is 0 Å². The van der Waals surface area contributed by atoms with Gasteiger partial charge in [-0.2, -0.15) is 0 Å². The van der Waals surface area contributed by atoms with Gasteiger partial charge in [0.15, 0.2) is 0 Å². The van der Waals surface area contributed by atoms with Gasteiger partial charge >= 0.3 is 0 Å². The van der Waals surface area contributed by atoms with E-state index in [0.29, 0.717) is 5.92 Å². The first-order valence-corrected chi connectivity index (χ1v) is 7.34. The molecule has 2 aromatic carbocycles. The molecule has 2 atom stereocenters. The predicted molar refractivity (Wildman–Crippen MR) is 85.9 cm³/mol. The summed E-state index contributed by atoms with van der Waals surface area (Å²) in [6, 6.07) is 12.9. The van der Waals surface area contributed by atoms with E-state index in [1.807, 2.05) is 0 Å². The van der Waals surface area contributed by atoms with E-state index in [0.717, 1.165) is 5.75 Å². The largest absolute Gasteiger partial charge is 0.482 e. The van der Waals surface area contributed by atoms with Crippen molar-refractivity contribution in [3.63, 3.8) is 0 Å². The highest BCUT2D eigenvalue weighted by molar-refractivity contribution is 6.08. The topological polar surface area (TPSA) is 25.0 Å². The number of nitrogens with one attached hydrogen (secondary N) is 1. The van der Waals surface area contributed by atoms with Gasteiger partial charge in [0.25, 0.3) is 0 Å². The summed E-state index contributed by atoms with van der Waals surface area (Å²) >= 11 is 0. The molecule has 21 heavy (non-hydrogen) atoms. The minimum atomic E-state index is -0.244. The van der Waals surface area contributed by atoms with Crippen molar-refractivity contribution in [3.8, 4) is 5.75 Å². The summed E-state index contributed by atoms with van der Waals surface area (Å²) < 4.78 is 6.27. The Morgan fingerprint density at radius 1 is 1.05 bits per heavy atom. The number of aromatic nitrogens is 1. The van der Waals surface area contributed by atoms with Gasteiger partial charge in [-0.05, 0) is 31.2 Å². The van der Waals surface area contributed by atoms with E-state index >= 15 is 0 Å². The number of para-hydroxylation sites is 1. The van der Waals surface area contributed by atoms with Crippen LogP contribution < -0.4 is 4.74 Å². The van der Waals surface area contributed by atoms with Crippen LogP contribution in [-0.4, -0.2) is 10.6 Å². The van der Waals surface area contributed by atoms with E-state index < -0.39 is 0 Å². The van der Waals surface area contributed by atoms with Crippen molar-refractivity contribution in [1.82, 2.24) is 4.98 Å². The highest BCUT2D eigenvalue weighted by atomic mass is 16.5. The molecule has 0 saturated heterocycles. The Labute approximate surface area is 122 Å². The second-order valence-corrected chi connectivity index (χ2v) is 6.11. The third-order valence-electron chi connectivity index (χ3n) is 4.76. The van der Waals surface area contributed by atoms with Gasteiger partial charge in [-0.15, -0.1) is 0 Å². The maximum atomic E-state index is 6.27. The molecule has 0 bridgehead atoms. The molecule has 2 nitrogen and oxygen atoms in total. The molecule has 5 rings (SSSR count). The summed E-state index contributed by atoms with van der Waals surface area (Å²) in [4.78, 5) is 3.52. The third kappa shape index (κ3) is 1.37. The molecule has 1 aliphatic carbocycles. The van der Waals surface area contributed by atoms with Crippen LogP contribution in [0.5, 0.6) is 5.75 Å². The molecule has 3 aromatic rings. The highest BCUT2D eigenvalue weighted by Crippen LogP contribution is 2.49. The average Bonchev–Trinajstić information content (AvgIpc) is 2.98. The first-order valence-electron chi connectivity index (χ1n) is 7.34. The van der Waals surface area contributed by atoms with Crippen LogP contribution in [0.1, 0.15) is 18.4 Å². The van der Waals surface area contributed by atoms with E-state index in [4.69, 9.17) is 4.74 Å². The fourth-order valence-corrected chi connectivity index (χ4v) is 3.69. The Hall–Kier alpha value is -2.48. The molecule has 2 aliphatic rings. The quantitative estimate of drug-likeness (QED) is 0.632. The molecule has 1 aliphatic heterocycles. The maximum absolute atomic E-state index is 6.27. The summed E-state index contributed by atoms with van der Waals surface area (Å²) in [6.45, 7) is 2.16. The second-order valence-electron chi connectivity index (χ2n) is 6.11. The lowest BCUT2D eigenvalue weighted by molar-refractivity contribution is 0.155. The van der Waals surface area contributed by atoms with E-state index in [9.17, 15) is 0 Å². The summed E-state index contributed by atoms with van der Waals surface area (Å²) in [5.41, 5.74) is 3.40. The maximum Gasteiger partial charge on any atom is 0.135 e. The second kappa shape index (κ2) is 3.59. The fourth-order valence-electron chi connectivity index (χ4n) is 3.69. The van der Waals surface area contributed by atoms with Crippen molar-refractivity contribution in [2.24, 2.45) is 0 Å². The van der Waals surface area contributed by atoms with Gasteiger partial charge in [0.2, 0.25) is 0 Å². The number of hydrogen-bond donors (Lipinski definition) is 1. The van der Waals surface area contributed by atoms with Gasteiger partial charge < -0.3 is 9.72 Å². The molecule has 2 unspecified atom stereocenters. The highest BCUT2D eigenvalue weighted by Gasteiger charge is 2.42. The molecular weight excluding hydrogens is 258 g/mol. The van der Waals surface area contributed by atoms with Crippen LogP contribution in [0, 0.1) is 0 Å². The van der Waals surface area contributed by atoms with Crippen LogP contribution >= 0.6 is 0 Å². The lowest BCUT2D eigenvalue weighted by Gasteiger charge is -2.27. The molecular formula is C19H15NO. The Morgan fingerprint density at radius 2 is 1.95 bits per heavy atom. The van der Waals surface area contributed by atoms with Gasteiger partial charge in [0.05, 0.1) is 0 Å². The Kier molecular flexibility index (Phi) is 1.91. The minimum Gasteiger partial charge on any atom is -0.482 e. The van der Waals surface area contributed by atoms with E-state index in [1.54, 1.807) is 0 Å². The average molecular weight is 273 g/mol. The van der Waals surface area contributed by atoms with Crippen LogP contribution in [0.25, 0.3) is 21.8 Å². The van der Waals surface area contributed by atoms with Crippen molar-refractivity contribution in [3.05, 3.63) is 66.3 Å². The monoisotopic (exact) mass is 273 g/mol. The van der Waals surface area contributed by atoms with E-state index in [1.165, 1.54) is 27.4 Å². The van der Waals surface area contributed by atoms with Gasteiger partial charge in [0.1, 0.15) is 11.4 Å². The Bertz CT molecular complexity index is 947. The number of rotatable bonds is 0. The number of fused-ring (bicyclic) bond motifs is 6. The molecule has 0 amide bonds. The SMILES string of the molecule is CC12C=CC=CC1c1cc3[nH]c4ccccc4c3cc1O2. The molecule has 102 valence electrons. The van der Waals surface area contributed by atoms with Crippen LogP contribution in [0.2, 0.25) is 0 Å². The first-order chi connectivity index (χ1) is 10.2. The number of benzene rings is 2. The molecule has 0 saturated carbocycles. The van der Waals surface area contributed by atoms with Gasteiger partial charge in [-0.1, -0.05) is 36.4 Å². The zero-order valence-corrected chi connectivity index (χ0v) is 11.8. The number of aromatic amines is 1. The Balaban J connectivity index is 1.82. The van der Waals surface area contributed by atoms with E-state index in [-0.39, 0.29) is 5.60 Å². The van der Waals surface area contributed by atoms with Crippen molar-refractivity contribution >= 4 is 21.8 Å². The molecule has 0 fully saturated rings. The van der Waals surface area contributed by atoms with E-state index in [2.05, 4.69) is 72.6 Å². The van der Waals surface area contributed by atoms with Crippen LogP contribution in [0.3, 0.4) is 0 Å². The standard InChI is InChI=1S/C19H15NO/c1-19-9-5-4-7-15(19)14-10-17-13(11-18(14)21-19)12-6-2-3-8-16(12)20-17/h2-11,15,20H,1H3. The van der Waals surface area contributed by atoms with Crippen molar-refractivity contribution in [2.75, 3.05) is 0 Å². The van der Waals surface area contributed by atoms with Gasteiger partial charge in [-0.3, -0.25) is 0 Å². The zero-order valence-electron chi connectivity index (χ0n) is 11.8. The molecule has 0 spiro atoms. The Morgan fingerprint density at radius 3 is 2.90 bits per heavy atom. The smallest absolute Gasteiger partial charge is 0.135 e. The molecule has 2 heterocycles. The summed E-state index contributed by atoms with van der Waals surface area (Å²) in [5, 5.41) is 2.49. The number of ether oxygens (including phenoxy) is 1. The number of H-pyrrole nitrogens is 1. The van der Waals surface area contributed by atoms with Gasteiger partial charge in [-0.25, -0.2) is 0 Å². The number of allylic oxidation sites excluding steroid dienone is 2. The van der Waals surface area contributed by atoms with Crippen molar-refractivity contribution in [2.45, 2.75) is 18.4 Å². The van der Waals surface area contributed by atoms with Crippen molar-refractivity contribution < 1.29 is 4.74 Å². The minimum absolute atomic E-state index is 0.244. The van der Waals surface area contributed by atoms with Crippen LogP contribution in [-0.2, 0) is 0 Å². The molecule has 1 aromatic heterocycles. The molecule has 0 radical (unpaired) electrons. The number of hydrogen-bond acceptors (Lipinski definition) is 1. The lowest BCUT2D eigenvalue weighted by atomic mass is 9.82. The fraction of sp³-hybridized carbons (Fsp3) is 0.158. The summed E-state index contributed by atoms with van der Waals surface area (Å²) in [5.74, 6) is 1.31. The summed E-state index contributed by atoms with van der Waals surface area (Å²) in [6.07, 6.45) is 8.58. The predicted octanol–water partition coefficient (Wildman–Crippen LogP) is 4.68. The summed E-state index contributed by atoms with van der Waals surface area (Å²) in [7, 11) is 0. The van der Waals surface area contributed by atoms with Crippen molar-refractivity contribution in [1.29, 1.82) is 0 Å². The third-order valence-corrected chi connectivity index (χ3v) is 4.76. The molecule has 2 heteroatoms.